The van der Waals surface area contributed by atoms with Gasteiger partial charge >= 0.3 is 6.09 Å². The Hall–Kier alpha value is -0.810. The first-order valence-electron chi connectivity index (χ1n) is 7.77. The van der Waals surface area contributed by atoms with Crippen LogP contribution in [0.15, 0.2) is 0 Å². The van der Waals surface area contributed by atoms with Crippen molar-refractivity contribution in [3.63, 3.8) is 0 Å². The van der Waals surface area contributed by atoms with Crippen LogP contribution in [0.5, 0.6) is 0 Å². The van der Waals surface area contributed by atoms with Crippen LogP contribution in [0, 0.1) is 0 Å². The molecule has 2 saturated heterocycles. The first-order valence-corrected chi connectivity index (χ1v) is 7.77. The van der Waals surface area contributed by atoms with E-state index in [9.17, 15) is 4.79 Å². The van der Waals surface area contributed by atoms with Crippen LogP contribution in [0.2, 0.25) is 0 Å². The van der Waals surface area contributed by atoms with Crippen molar-refractivity contribution in [2.24, 2.45) is 0 Å². The summed E-state index contributed by atoms with van der Waals surface area (Å²) < 4.78 is 11.1. The zero-order chi connectivity index (χ0) is 14.6. The highest BCUT2D eigenvalue weighted by Crippen LogP contribution is 2.16. The van der Waals surface area contributed by atoms with Gasteiger partial charge in [-0.1, -0.05) is 0 Å². The molecule has 2 fully saturated rings. The van der Waals surface area contributed by atoms with Gasteiger partial charge in [0.1, 0.15) is 5.60 Å². The van der Waals surface area contributed by atoms with E-state index in [-0.39, 0.29) is 6.09 Å². The number of amides is 1. The molecule has 2 atom stereocenters. The molecule has 5 heteroatoms. The molecule has 116 valence electrons. The van der Waals surface area contributed by atoms with Gasteiger partial charge in [-0.3, -0.25) is 0 Å². The lowest BCUT2D eigenvalue weighted by atomic mass is 10.1. The summed E-state index contributed by atoms with van der Waals surface area (Å²) in [5.74, 6) is 0. The number of hydrogen-bond acceptors (Lipinski definition) is 4. The Morgan fingerprint density at radius 2 is 2.15 bits per heavy atom. The normalized spacial score (nSPS) is 27.6. The SMILES string of the molecule is CC(C)(C)OC(=O)N1CCC(NCC2CCCCO2)C1. The Bertz CT molecular complexity index is 322. The molecule has 0 bridgehead atoms. The molecule has 2 aliphatic heterocycles. The van der Waals surface area contributed by atoms with E-state index in [4.69, 9.17) is 9.47 Å². The van der Waals surface area contributed by atoms with E-state index in [0.717, 1.165) is 39.1 Å². The largest absolute Gasteiger partial charge is 0.444 e. The molecule has 0 aliphatic carbocycles. The number of carbonyl (C=O) groups is 1. The number of carbonyl (C=O) groups excluding carboxylic acids is 1. The van der Waals surface area contributed by atoms with Gasteiger partial charge in [0.25, 0.3) is 0 Å². The third-order valence-electron chi connectivity index (χ3n) is 3.75. The van der Waals surface area contributed by atoms with Gasteiger partial charge in [-0.25, -0.2) is 4.79 Å². The van der Waals surface area contributed by atoms with E-state index >= 15 is 0 Å². The summed E-state index contributed by atoms with van der Waals surface area (Å²) in [4.78, 5) is 13.8. The van der Waals surface area contributed by atoms with Crippen molar-refractivity contribution in [1.82, 2.24) is 10.2 Å². The van der Waals surface area contributed by atoms with E-state index < -0.39 is 5.60 Å². The third kappa shape index (κ3) is 4.94. The summed E-state index contributed by atoms with van der Waals surface area (Å²) in [5.41, 5.74) is -0.418. The summed E-state index contributed by atoms with van der Waals surface area (Å²) in [6, 6.07) is 0.369. The number of nitrogens with one attached hydrogen (secondary N) is 1. The summed E-state index contributed by atoms with van der Waals surface area (Å²) in [7, 11) is 0. The van der Waals surface area contributed by atoms with Crippen molar-refractivity contribution in [2.75, 3.05) is 26.2 Å². The summed E-state index contributed by atoms with van der Waals surface area (Å²) in [5, 5.41) is 3.52. The van der Waals surface area contributed by atoms with E-state index in [1.54, 1.807) is 4.90 Å². The van der Waals surface area contributed by atoms with Gasteiger partial charge in [0, 0.05) is 32.3 Å². The molecule has 20 heavy (non-hydrogen) atoms. The van der Waals surface area contributed by atoms with E-state index in [1.807, 2.05) is 20.8 Å². The topological polar surface area (TPSA) is 50.8 Å². The Balaban J connectivity index is 1.68. The van der Waals surface area contributed by atoms with Crippen LogP contribution >= 0.6 is 0 Å². The molecule has 2 aliphatic rings. The van der Waals surface area contributed by atoms with Crippen molar-refractivity contribution in [3.05, 3.63) is 0 Å². The highest BCUT2D eigenvalue weighted by atomic mass is 16.6. The molecular formula is C15H28N2O3. The molecule has 1 N–H and O–H groups in total. The van der Waals surface area contributed by atoms with Crippen molar-refractivity contribution < 1.29 is 14.3 Å². The Morgan fingerprint density at radius 3 is 2.80 bits per heavy atom. The fourth-order valence-corrected chi connectivity index (χ4v) is 2.69. The summed E-state index contributed by atoms with van der Waals surface area (Å²) in [6.07, 6.45) is 4.74. The Labute approximate surface area is 122 Å². The molecule has 5 nitrogen and oxygen atoms in total. The standard InChI is InChI=1S/C15H28N2O3/c1-15(2,3)20-14(18)17-8-7-12(11-17)16-10-13-6-4-5-9-19-13/h12-13,16H,4-11H2,1-3H3. The van der Waals surface area contributed by atoms with Gasteiger partial charge in [-0.15, -0.1) is 0 Å². The van der Waals surface area contributed by atoms with Crippen LogP contribution in [0.1, 0.15) is 46.5 Å². The molecule has 0 aromatic carbocycles. The van der Waals surface area contributed by atoms with Crippen molar-refractivity contribution >= 4 is 6.09 Å². The van der Waals surface area contributed by atoms with Crippen molar-refractivity contribution in [1.29, 1.82) is 0 Å². The van der Waals surface area contributed by atoms with Crippen LogP contribution in [0.4, 0.5) is 4.79 Å². The Kier molecular flexibility index (Phi) is 5.27. The highest BCUT2D eigenvalue weighted by molar-refractivity contribution is 5.68. The predicted octanol–water partition coefficient (Wildman–Crippen LogP) is 2.15. The molecule has 2 heterocycles. The number of nitrogens with zero attached hydrogens (tertiary/aromatic N) is 1. The molecule has 0 aromatic rings. The fraction of sp³-hybridized carbons (Fsp3) is 0.933. The first kappa shape index (κ1) is 15.6. The Morgan fingerprint density at radius 1 is 1.35 bits per heavy atom. The minimum Gasteiger partial charge on any atom is -0.444 e. The molecule has 0 spiro atoms. The number of rotatable bonds is 3. The lowest BCUT2D eigenvalue weighted by Gasteiger charge is -2.26. The summed E-state index contributed by atoms with van der Waals surface area (Å²) >= 11 is 0. The molecule has 2 rings (SSSR count). The minimum atomic E-state index is -0.418. The maximum atomic E-state index is 12.0. The summed E-state index contributed by atoms with van der Waals surface area (Å²) in [6.45, 7) is 9.00. The molecular weight excluding hydrogens is 256 g/mol. The molecule has 0 radical (unpaired) electrons. The average molecular weight is 284 g/mol. The first-order chi connectivity index (χ1) is 9.44. The molecule has 0 saturated carbocycles. The smallest absolute Gasteiger partial charge is 0.410 e. The van der Waals surface area contributed by atoms with E-state index in [2.05, 4.69) is 5.32 Å². The van der Waals surface area contributed by atoms with Gasteiger partial charge < -0.3 is 19.7 Å². The quantitative estimate of drug-likeness (QED) is 0.863. The van der Waals surface area contributed by atoms with Crippen LogP contribution in [-0.2, 0) is 9.47 Å². The highest BCUT2D eigenvalue weighted by Gasteiger charge is 2.30. The van der Waals surface area contributed by atoms with E-state index in [0.29, 0.717) is 12.1 Å². The van der Waals surface area contributed by atoms with Gasteiger partial charge in [0.05, 0.1) is 6.10 Å². The lowest BCUT2D eigenvalue weighted by Crippen LogP contribution is -2.41. The van der Waals surface area contributed by atoms with Gasteiger partial charge in [-0.05, 0) is 46.5 Å². The van der Waals surface area contributed by atoms with Crippen LogP contribution < -0.4 is 5.32 Å². The third-order valence-corrected chi connectivity index (χ3v) is 3.75. The predicted molar refractivity (Wildman–Crippen MR) is 77.8 cm³/mol. The second-order valence-corrected chi connectivity index (χ2v) is 6.81. The zero-order valence-corrected chi connectivity index (χ0v) is 13.0. The lowest BCUT2D eigenvalue weighted by molar-refractivity contribution is 0.0151. The minimum absolute atomic E-state index is 0.198. The second kappa shape index (κ2) is 6.76. The van der Waals surface area contributed by atoms with E-state index in [1.165, 1.54) is 12.8 Å². The monoisotopic (exact) mass is 284 g/mol. The van der Waals surface area contributed by atoms with Crippen LogP contribution in [-0.4, -0.2) is 55.0 Å². The van der Waals surface area contributed by atoms with Crippen LogP contribution in [0.3, 0.4) is 0 Å². The van der Waals surface area contributed by atoms with Crippen molar-refractivity contribution in [3.8, 4) is 0 Å². The number of likely N-dealkylation sites (tertiary alicyclic amines) is 1. The number of ether oxygens (including phenoxy) is 2. The van der Waals surface area contributed by atoms with Crippen molar-refractivity contribution in [2.45, 2.75) is 64.2 Å². The van der Waals surface area contributed by atoms with Crippen LogP contribution in [0.25, 0.3) is 0 Å². The molecule has 0 aromatic heterocycles. The van der Waals surface area contributed by atoms with Gasteiger partial charge in [0.15, 0.2) is 0 Å². The second-order valence-electron chi connectivity index (χ2n) is 6.81. The molecule has 1 amide bonds. The molecule has 2 unspecified atom stereocenters. The van der Waals surface area contributed by atoms with Gasteiger partial charge in [0.2, 0.25) is 0 Å². The maximum absolute atomic E-state index is 12.0. The fourth-order valence-electron chi connectivity index (χ4n) is 2.69. The van der Waals surface area contributed by atoms with Gasteiger partial charge in [-0.2, -0.15) is 0 Å². The maximum Gasteiger partial charge on any atom is 0.410 e. The number of hydrogen-bond donors (Lipinski definition) is 1. The zero-order valence-electron chi connectivity index (χ0n) is 13.0. The average Bonchev–Trinajstić information content (AvgIpc) is 2.84.